The zero-order valence-electron chi connectivity index (χ0n) is 12.6. The molecular formula is C16H16N3O3+. The van der Waals surface area contributed by atoms with Crippen LogP contribution >= 0.6 is 0 Å². The fourth-order valence-corrected chi connectivity index (χ4v) is 2.77. The van der Waals surface area contributed by atoms with Crippen molar-refractivity contribution in [3.8, 4) is 5.75 Å². The van der Waals surface area contributed by atoms with Crippen LogP contribution in [0.5, 0.6) is 5.75 Å². The second-order valence-corrected chi connectivity index (χ2v) is 5.13. The van der Waals surface area contributed by atoms with Gasteiger partial charge in [0, 0.05) is 5.56 Å². The third-order valence-electron chi connectivity index (χ3n) is 3.94. The molecular weight excluding hydrogens is 282 g/mol. The van der Waals surface area contributed by atoms with Crippen molar-refractivity contribution in [3.05, 3.63) is 35.9 Å². The summed E-state index contributed by atoms with van der Waals surface area (Å²) in [5.41, 5.74) is 1.60. The van der Waals surface area contributed by atoms with E-state index in [0.717, 1.165) is 16.0 Å². The van der Waals surface area contributed by atoms with E-state index in [0.29, 0.717) is 11.6 Å². The molecule has 0 radical (unpaired) electrons. The number of fused-ring (bicyclic) bond motifs is 1. The minimum absolute atomic E-state index is 0.285. The van der Waals surface area contributed by atoms with Crippen LogP contribution in [-0.2, 0) is 4.79 Å². The Balaban J connectivity index is 2.19. The largest absolute Gasteiger partial charge is 0.496 e. The fraction of sp³-hybridized carbons (Fsp3) is 0.250. The molecule has 0 aliphatic carbocycles. The van der Waals surface area contributed by atoms with Gasteiger partial charge in [-0.15, -0.1) is 4.99 Å². The molecule has 1 atom stereocenters. The molecule has 2 aliphatic heterocycles. The lowest BCUT2D eigenvalue weighted by Gasteiger charge is -2.27. The molecule has 0 fully saturated rings. The SMILES string of the molecule is COc1ccccc1C1=CC=NC2=[N+](C)C(=O)N(C)C(=O)C12. The van der Waals surface area contributed by atoms with Crippen molar-refractivity contribution in [3.63, 3.8) is 0 Å². The van der Waals surface area contributed by atoms with E-state index in [1.54, 1.807) is 26.4 Å². The number of aliphatic imine (C=N–C) groups is 1. The number of ether oxygens (including phenoxy) is 1. The lowest BCUT2D eigenvalue weighted by molar-refractivity contribution is -0.407. The van der Waals surface area contributed by atoms with Gasteiger partial charge in [-0.2, -0.15) is 9.48 Å². The summed E-state index contributed by atoms with van der Waals surface area (Å²) in [4.78, 5) is 30.0. The number of rotatable bonds is 2. The van der Waals surface area contributed by atoms with E-state index in [4.69, 9.17) is 4.74 Å². The Morgan fingerprint density at radius 2 is 2.00 bits per heavy atom. The lowest BCUT2D eigenvalue weighted by atomic mass is 9.87. The van der Waals surface area contributed by atoms with E-state index in [1.165, 1.54) is 11.6 Å². The summed E-state index contributed by atoms with van der Waals surface area (Å²) in [5.74, 6) is 0.232. The van der Waals surface area contributed by atoms with Crippen LogP contribution in [0.2, 0.25) is 0 Å². The highest BCUT2D eigenvalue weighted by molar-refractivity contribution is 6.22. The van der Waals surface area contributed by atoms with Crippen LogP contribution in [0.4, 0.5) is 4.79 Å². The maximum atomic E-state index is 12.6. The molecule has 3 amide bonds. The van der Waals surface area contributed by atoms with Crippen LogP contribution in [0.1, 0.15) is 5.56 Å². The molecule has 6 nitrogen and oxygen atoms in total. The monoisotopic (exact) mass is 298 g/mol. The second kappa shape index (κ2) is 5.22. The molecule has 2 aliphatic rings. The van der Waals surface area contributed by atoms with E-state index in [1.807, 2.05) is 24.3 Å². The van der Waals surface area contributed by atoms with Crippen molar-refractivity contribution in [2.24, 2.45) is 10.9 Å². The maximum absolute atomic E-state index is 12.6. The van der Waals surface area contributed by atoms with Crippen molar-refractivity contribution in [2.45, 2.75) is 0 Å². The van der Waals surface area contributed by atoms with Crippen LogP contribution in [0.3, 0.4) is 0 Å². The van der Waals surface area contributed by atoms with Crippen molar-refractivity contribution >= 4 is 29.6 Å². The van der Waals surface area contributed by atoms with E-state index in [-0.39, 0.29) is 11.9 Å². The Morgan fingerprint density at radius 3 is 2.73 bits per heavy atom. The molecule has 1 aromatic carbocycles. The zero-order valence-corrected chi connectivity index (χ0v) is 12.6. The minimum Gasteiger partial charge on any atom is -0.496 e. The number of urea groups is 1. The number of para-hydroxylation sites is 1. The van der Waals surface area contributed by atoms with Crippen molar-refractivity contribution < 1.29 is 18.9 Å². The molecule has 112 valence electrons. The molecule has 1 unspecified atom stereocenters. The Bertz CT molecular complexity index is 762. The molecule has 0 spiro atoms. The topological polar surface area (TPSA) is 62.0 Å². The number of dihydropyridines is 1. The number of benzene rings is 1. The van der Waals surface area contributed by atoms with Crippen molar-refractivity contribution in [2.75, 3.05) is 21.2 Å². The first-order valence-electron chi connectivity index (χ1n) is 6.86. The second-order valence-electron chi connectivity index (χ2n) is 5.13. The number of amidine groups is 1. The quantitative estimate of drug-likeness (QED) is 0.776. The summed E-state index contributed by atoms with van der Waals surface area (Å²) >= 11 is 0. The van der Waals surface area contributed by atoms with Gasteiger partial charge in [-0.1, -0.05) is 18.2 Å². The number of nitrogens with zero attached hydrogens (tertiary/aromatic N) is 3. The van der Waals surface area contributed by atoms with Crippen molar-refractivity contribution in [1.82, 2.24) is 4.90 Å². The zero-order chi connectivity index (χ0) is 15.9. The molecule has 0 aromatic heterocycles. The van der Waals surface area contributed by atoms with Crippen LogP contribution in [0.15, 0.2) is 35.3 Å². The van der Waals surface area contributed by atoms with Crippen LogP contribution < -0.4 is 4.74 Å². The molecule has 2 heterocycles. The number of carbonyl (C=O) groups excluding carboxylic acids is 2. The normalized spacial score (nSPS) is 21.0. The average molecular weight is 298 g/mol. The first-order chi connectivity index (χ1) is 10.6. The summed E-state index contributed by atoms with van der Waals surface area (Å²) in [6.07, 6.45) is 3.40. The van der Waals surface area contributed by atoms with E-state index in [2.05, 4.69) is 4.99 Å². The number of allylic oxidation sites excluding steroid dienone is 1. The third-order valence-corrected chi connectivity index (χ3v) is 3.94. The first-order valence-corrected chi connectivity index (χ1v) is 6.86. The van der Waals surface area contributed by atoms with Gasteiger partial charge in [0.25, 0.3) is 5.84 Å². The Hall–Kier alpha value is -2.76. The van der Waals surface area contributed by atoms with Gasteiger partial charge in [0.1, 0.15) is 12.0 Å². The number of hydrogen-bond acceptors (Lipinski definition) is 4. The fourth-order valence-electron chi connectivity index (χ4n) is 2.77. The highest BCUT2D eigenvalue weighted by atomic mass is 16.5. The number of hydrogen-bond donors (Lipinski definition) is 0. The summed E-state index contributed by atoms with van der Waals surface area (Å²) in [6.45, 7) is 0. The molecule has 0 N–H and O–H groups in total. The molecule has 22 heavy (non-hydrogen) atoms. The van der Waals surface area contributed by atoms with E-state index < -0.39 is 5.92 Å². The van der Waals surface area contributed by atoms with Gasteiger partial charge in [-0.3, -0.25) is 4.79 Å². The van der Waals surface area contributed by atoms with E-state index >= 15 is 0 Å². The van der Waals surface area contributed by atoms with Gasteiger partial charge < -0.3 is 4.74 Å². The minimum atomic E-state index is -0.603. The highest BCUT2D eigenvalue weighted by Crippen LogP contribution is 2.35. The standard InChI is InChI=1S/C16H16N3O3/c1-18-14-13(15(20)19(2)16(18)21)11(8-9-17-14)10-6-4-5-7-12(10)22-3/h4-9,13H,1-3H3/q+1. The summed E-state index contributed by atoms with van der Waals surface area (Å²) < 4.78 is 6.80. The number of carbonyl (C=O) groups is 2. The highest BCUT2D eigenvalue weighted by Gasteiger charge is 2.47. The number of amides is 3. The third kappa shape index (κ3) is 1.95. The first kappa shape index (κ1) is 14.2. The lowest BCUT2D eigenvalue weighted by Crippen LogP contribution is -2.52. The predicted octanol–water partition coefficient (Wildman–Crippen LogP) is 1.41. The van der Waals surface area contributed by atoms with Gasteiger partial charge in [0.05, 0.1) is 21.2 Å². The van der Waals surface area contributed by atoms with E-state index in [9.17, 15) is 9.59 Å². The smallest absolute Gasteiger partial charge is 0.445 e. The Labute approximate surface area is 128 Å². The van der Waals surface area contributed by atoms with Crippen LogP contribution in [-0.4, -0.2) is 54.7 Å². The van der Waals surface area contributed by atoms with Crippen molar-refractivity contribution in [1.29, 1.82) is 0 Å². The molecule has 3 rings (SSSR count). The summed E-state index contributed by atoms with van der Waals surface area (Å²) in [7, 11) is 4.69. The molecule has 0 saturated carbocycles. The van der Waals surface area contributed by atoms with Gasteiger partial charge in [0.2, 0.25) is 0 Å². The molecule has 0 bridgehead atoms. The molecule has 0 saturated heterocycles. The van der Waals surface area contributed by atoms with Crippen LogP contribution in [0.25, 0.3) is 5.57 Å². The number of methoxy groups -OCH3 is 1. The Morgan fingerprint density at radius 1 is 1.27 bits per heavy atom. The molecule has 1 aromatic rings. The van der Waals surface area contributed by atoms with Gasteiger partial charge in [0.15, 0.2) is 5.92 Å². The van der Waals surface area contributed by atoms with Gasteiger partial charge in [-0.05, 0) is 17.7 Å². The maximum Gasteiger partial charge on any atom is 0.445 e. The number of imide groups is 1. The summed E-state index contributed by atoms with van der Waals surface area (Å²) in [5, 5.41) is 0. The Kier molecular flexibility index (Phi) is 3.36. The molecule has 6 heteroatoms. The summed E-state index contributed by atoms with van der Waals surface area (Å²) in [6, 6.07) is 7.11. The average Bonchev–Trinajstić information content (AvgIpc) is 2.57. The van der Waals surface area contributed by atoms with Crippen LogP contribution in [0, 0.1) is 5.92 Å². The van der Waals surface area contributed by atoms with Gasteiger partial charge in [-0.25, -0.2) is 4.79 Å². The van der Waals surface area contributed by atoms with Gasteiger partial charge >= 0.3 is 11.9 Å². The predicted molar refractivity (Wildman–Crippen MR) is 82.3 cm³/mol.